The molecule has 2 saturated carbocycles. The molecular formula is C25H27NO5. The van der Waals surface area contributed by atoms with Crippen molar-refractivity contribution in [3.05, 3.63) is 53.6 Å². The monoisotopic (exact) mass is 421 g/mol. The number of nitrogens with zero attached hydrogens (tertiary/aromatic N) is 1. The third-order valence-electron chi connectivity index (χ3n) is 7.35. The van der Waals surface area contributed by atoms with E-state index in [2.05, 4.69) is 12.1 Å². The van der Waals surface area contributed by atoms with Gasteiger partial charge in [0.1, 0.15) is 11.4 Å². The fraction of sp³-hybridized carbons (Fsp3) is 0.440. The summed E-state index contributed by atoms with van der Waals surface area (Å²) in [5.74, 6) is 0.0849. The fourth-order valence-corrected chi connectivity index (χ4v) is 5.29. The molecule has 0 aromatic heterocycles. The summed E-state index contributed by atoms with van der Waals surface area (Å²) in [7, 11) is 1.58. The largest absolute Gasteiger partial charge is 0.496 e. The van der Waals surface area contributed by atoms with Crippen LogP contribution in [0.5, 0.6) is 5.75 Å². The van der Waals surface area contributed by atoms with Gasteiger partial charge in [-0.3, -0.25) is 4.79 Å². The molecule has 6 nitrogen and oxygen atoms in total. The van der Waals surface area contributed by atoms with Gasteiger partial charge >= 0.3 is 5.97 Å². The summed E-state index contributed by atoms with van der Waals surface area (Å²) >= 11 is 0. The zero-order chi connectivity index (χ0) is 21.8. The molecule has 0 radical (unpaired) electrons. The van der Waals surface area contributed by atoms with Crippen LogP contribution in [-0.2, 0) is 4.79 Å². The predicted molar refractivity (Wildman–Crippen MR) is 115 cm³/mol. The minimum atomic E-state index is -1.07. The zero-order valence-corrected chi connectivity index (χ0v) is 17.6. The van der Waals surface area contributed by atoms with Crippen LogP contribution in [0.2, 0.25) is 0 Å². The van der Waals surface area contributed by atoms with Crippen molar-refractivity contribution in [1.29, 1.82) is 0 Å². The van der Waals surface area contributed by atoms with E-state index in [1.807, 2.05) is 17.0 Å². The first-order valence-electron chi connectivity index (χ1n) is 10.9. The maximum atomic E-state index is 12.4. The zero-order valence-electron chi connectivity index (χ0n) is 17.6. The number of hydrogen-bond donors (Lipinski definition) is 2. The van der Waals surface area contributed by atoms with E-state index in [4.69, 9.17) is 4.74 Å². The summed E-state index contributed by atoms with van der Waals surface area (Å²) in [5.41, 5.74) is 2.33. The normalized spacial score (nSPS) is 25.9. The van der Waals surface area contributed by atoms with Gasteiger partial charge in [-0.15, -0.1) is 0 Å². The van der Waals surface area contributed by atoms with E-state index in [1.165, 1.54) is 5.56 Å². The number of amides is 1. The smallest absolute Gasteiger partial charge is 0.335 e. The van der Waals surface area contributed by atoms with Gasteiger partial charge in [-0.1, -0.05) is 24.3 Å². The van der Waals surface area contributed by atoms with E-state index in [-0.39, 0.29) is 16.9 Å². The first-order valence-corrected chi connectivity index (χ1v) is 10.9. The quantitative estimate of drug-likeness (QED) is 0.769. The number of methoxy groups -OCH3 is 1. The lowest BCUT2D eigenvalue weighted by molar-refractivity contribution is -0.142. The molecule has 1 spiro atoms. The van der Waals surface area contributed by atoms with Crippen LogP contribution in [0.4, 0.5) is 0 Å². The molecule has 0 atom stereocenters. The van der Waals surface area contributed by atoms with Crippen molar-refractivity contribution >= 4 is 11.9 Å². The lowest BCUT2D eigenvalue weighted by atomic mass is 9.59. The van der Waals surface area contributed by atoms with E-state index >= 15 is 0 Å². The topological polar surface area (TPSA) is 87.1 Å². The molecular weight excluding hydrogens is 394 g/mol. The molecule has 1 amide bonds. The molecule has 5 rings (SSSR count). The first-order chi connectivity index (χ1) is 14.8. The van der Waals surface area contributed by atoms with Gasteiger partial charge in [0.15, 0.2) is 0 Å². The molecule has 2 aromatic carbocycles. The standard InChI is InChI=1S/C25H27NO5/c1-31-21-7-6-18(22(27)28)12-20(21)17-4-2-16(3-5-17)19-13-24(14-19)10-11-26(15-24)23(29)25(30)8-9-25/h2-7,12,19,30H,8-11,13-15H2,1H3,(H,27,28)/t19-,24+. The van der Waals surface area contributed by atoms with E-state index in [0.29, 0.717) is 24.5 Å². The van der Waals surface area contributed by atoms with Gasteiger partial charge < -0.3 is 19.8 Å². The van der Waals surface area contributed by atoms with Gasteiger partial charge in [-0.25, -0.2) is 4.79 Å². The van der Waals surface area contributed by atoms with E-state index in [0.717, 1.165) is 43.5 Å². The highest BCUT2D eigenvalue weighted by molar-refractivity contribution is 5.90. The maximum absolute atomic E-state index is 12.4. The Bertz CT molecular complexity index is 1030. The average Bonchev–Trinajstić information content (AvgIpc) is 3.35. The number of carboxylic acid groups (broad SMARTS) is 1. The number of benzene rings is 2. The molecule has 1 heterocycles. The molecule has 3 aliphatic rings. The molecule has 0 unspecified atom stereocenters. The number of rotatable bonds is 5. The SMILES string of the molecule is COc1ccc(C(=O)O)cc1-c1ccc([C@H]2C[C@]3(CCN(C(=O)C4(O)CC4)C3)C2)cc1. The number of carbonyl (C=O) groups is 2. The minimum absolute atomic E-state index is 0.0743. The predicted octanol–water partition coefficient (Wildman–Crippen LogP) is 3.68. The van der Waals surface area contributed by atoms with Crippen molar-refractivity contribution in [3.63, 3.8) is 0 Å². The summed E-state index contributed by atoms with van der Waals surface area (Å²) in [6, 6.07) is 13.2. The first kappa shape index (κ1) is 20.1. The number of ether oxygens (including phenoxy) is 1. The summed E-state index contributed by atoms with van der Waals surface area (Å²) in [6.07, 6.45) is 4.34. The molecule has 31 heavy (non-hydrogen) atoms. The Balaban J connectivity index is 1.27. The molecule has 162 valence electrons. The number of hydrogen-bond acceptors (Lipinski definition) is 4. The van der Waals surface area contributed by atoms with Gasteiger partial charge in [-0.2, -0.15) is 0 Å². The highest BCUT2D eigenvalue weighted by atomic mass is 16.5. The molecule has 1 aliphatic heterocycles. The number of aliphatic hydroxyl groups is 1. The number of aromatic carboxylic acids is 1. The summed E-state index contributed by atoms with van der Waals surface area (Å²) < 4.78 is 5.42. The number of carboxylic acids is 1. The van der Waals surface area contributed by atoms with Crippen LogP contribution in [0.3, 0.4) is 0 Å². The highest BCUT2D eigenvalue weighted by Crippen LogP contribution is 2.56. The molecule has 6 heteroatoms. The summed E-state index contributed by atoms with van der Waals surface area (Å²) in [4.78, 5) is 25.6. The Hall–Kier alpha value is -2.86. The second-order valence-corrected chi connectivity index (χ2v) is 9.46. The van der Waals surface area contributed by atoms with Crippen LogP contribution < -0.4 is 4.74 Å². The van der Waals surface area contributed by atoms with Crippen LogP contribution in [0.25, 0.3) is 11.1 Å². The summed E-state index contributed by atoms with van der Waals surface area (Å²) in [6.45, 7) is 1.52. The Labute approximate surface area is 181 Å². The van der Waals surface area contributed by atoms with Crippen LogP contribution >= 0.6 is 0 Å². The van der Waals surface area contributed by atoms with Gasteiger partial charge in [0.25, 0.3) is 5.91 Å². The molecule has 2 aliphatic carbocycles. The van der Waals surface area contributed by atoms with Crippen molar-refractivity contribution < 1.29 is 24.5 Å². The van der Waals surface area contributed by atoms with E-state index in [1.54, 1.807) is 25.3 Å². The lowest BCUT2D eigenvalue weighted by Crippen LogP contribution is -2.43. The number of carbonyl (C=O) groups excluding carboxylic acids is 1. The minimum Gasteiger partial charge on any atom is -0.496 e. The molecule has 2 aromatic rings. The van der Waals surface area contributed by atoms with Gasteiger partial charge in [0, 0.05) is 18.7 Å². The van der Waals surface area contributed by atoms with Gasteiger partial charge in [-0.05, 0) is 72.8 Å². The van der Waals surface area contributed by atoms with E-state index in [9.17, 15) is 19.8 Å². The molecule has 1 saturated heterocycles. The third kappa shape index (κ3) is 3.49. The number of likely N-dealkylation sites (tertiary alicyclic amines) is 1. The molecule has 0 bridgehead atoms. The van der Waals surface area contributed by atoms with Gasteiger partial charge in [0.2, 0.25) is 0 Å². The lowest BCUT2D eigenvalue weighted by Gasteiger charge is -2.45. The Morgan fingerprint density at radius 3 is 2.39 bits per heavy atom. The van der Waals surface area contributed by atoms with Crippen molar-refractivity contribution in [2.24, 2.45) is 5.41 Å². The van der Waals surface area contributed by atoms with Crippen molar-refractivity contribution in [3.8, 4) is 16.9 Å². The van der Waals surface area contributed by atoms with Crippen LogP contribution in [0.15, 0.2) is 42.5 Å². The maximum Gasteiger partial charge on any atom is 0.335 e. The van der Waals surface area contributed by atoms with Gasteiger partial charge in [0.05, 0.1) is 12.7 Å². The van der Waals surface area contributed by atoms with Crippen molar-refractivity contribution in [2.75, 3.05) is 20.2 Å². The van der Waals surface area contributed by atoms with Crippen molar-refractivity contribution in [1.82, 2.24) is 4.90 Å². The average molecular weight is 421 g/mol. The second kappa shape index (κ2) is 7.09. The van der Waals surface area contributed by atoms with Crippen LogP contribution in [0, 0.1) is 5.41 Å². The Morgan fingerprint density at radius 2 is 1.77 bits per heavy atom. The molecule has 3 fully saturated rings. The van der Waals surface area contributed by atoms with Crippen molar-refractivity contribution in [2.45, 2.75) is 43.6 Å². The second-order valence-electron chi connectivity index (χ2n) is 9.46. The Morgan fingerprint density at radius 1 is 1.06 bits per heavy atom. The Kier molecular flexibility index (Phi) is 4.59. The van der Waals surface area contributed by atoms with Crippen LogP contribution in [-0.4, -0.2) is 52.8 Å². The highest BCUT2D eigenvalue weighted by Gasteiger charge is 2.55. The fourth-order valence-electron chi connectivity index (χ4n) is 5.29. The summed E-state index contributed by atoms with van der Waals surface area (Å²) in [5, 5.41) is 19.4. The molecule has 2 N–H and O–H groups in total. The van der Waals surface area contributed by atoms with E-state index < -0.39 is 11.6 Å². The van der Waals surface area contributed by atoms with Crippen LogP contribution in [0.1, 0.15) is 53.9 Å². The third-order valence-corrected chi connectivity index (χ3v) is 7.35.